The van der Waals surface area contributed by atoms with Crippen molar-refractivity contribution < 1.29 is 15.0 Å². The van der Waals surface area contributed by atoms with Crippen LogP contribution in [0.3, 0.4) is 0 Å². The van der Waals surface area contributed by atoms with Gasteiger partial charge in [-0.3, -0.25) is 4.79 Å². The second-order valence-corrected chi connectivity index (χ2v) is 19.3. The number of aliphatic hydroxyl groups excluding tert-OH is 2. The van der Waals surface area contributed by atoms with Gasteiger partial charge in [-0.25, -0.2) is 0 Å². The smallest absolute Gasteiger partial charge is 0.220 e. The Morgan fingerprint density at radius 3 is 1.03 bits per heavy atom. The number of nitrogens with one attached hydrogen (secondary N) is 1. The standard InChI is InChI=1S/C60H111NO3/c1-3-5-7-9-11-13-15-17-19-21-23-25-26-27-28-29-30-31-32-33-34-36-37-39-41-43-45-47-49-51-53-55-59(63)58(57-62)61-60(64)56-54-52-50-48-46-44-42-40-38-35-24-22-20-18-16-14-12-10-8-6-4-2/h6,8,12,14,18,20,24,35,53,55,58-59,62-63H,3-5,7,9-11,13,15-17,19,21-23,25-34,36-52,54,56-57H2,1-2H3,(H,61,64)/b8-6-,14-12-,20-18-,35-24-,55-53+. The highest BCUT2D eigenvalue weighted by Crippen LogP contribution is 2.17. The van der Waals surface area contributed by atoms with Crippen molar-refractivity contribution in [2.75, 3.05) is 6.61 Å². The molecule has 0 bridgehead atoms. The van der Waals surface area contributed by atoms with Crippen molar-refractivity contribution in [1.82, 2.24) is 5.32 Å². The fourth-order valence-electron chi connectivity index (χ4n) is 8.70. The van der Waals surface area contributed by atoms with Gasteiger partial charge in [-0.05, 0) is 57.8 Å². The van der Waals surface area contributed by atoms with Crippen molar-refractivity contribution in [1.29, 1.82) is 0 Å². The molecule has 0 saturated heterocycles. The third-order valence-corrected chi connectivity index (χ3v) is 13.0. The summed E-state index contributed by atoms with van der Waals surface area (Å²) in [6, 6.07) is -0.631. The molecule has 64 heavy (non-hydrogen) atoms. The van der Waals surface area contributed by atoms with Crippen LogP contribution in [0.25, 0.3) is 0 Å². The SMILES string of the molecule is CC/C=C\C/C=C\C/C=C\C/C=C\CCCCCCCCCCC(=O)NC(CO)C(O)/C=C/CCCCCCCCCCCCCCCCCCCCCCCCCCCCCCC. The Balaban J connectivity index is 3.49. The van der Waals surface area contributed by atoms with E-state index in [1.54, 1.807) is 6.08 Å². The lowest BCUT2D eigenvalue weighted by atomic mass is 10.0. The van der Waals surface area contributed by atoms with Crippen LogP contribution in [0.5, 0.6) is 0 Å². The van der Waals surface area contributed by atoms with Gasteiger partial charge in [-0.1, -0.05) is 293 Å². The first-order valence-electron chi connectivity index (χ1n) is 28.5. The fraction of sp³-hybridized carbons (Fsp3) is 0.817. The maximum absolute atomic E-state index is 12.5. The molecule has 4 heteroatoms. The van der Waals surface area contributed by atoms with Gasteiger partial charge in [0, 0.05) is 6.42 Å². The molecule has 0 aromatic carbocycles. The number of hydrogen-bond acceptors (Lipinski definition) is 3. The average Bonchev–Trinajstić information content (AvgIpc) is 3.30. The fourth-order valence-corrected chi connectivity index (χ4v) is 8.70. The molecule has 0 spiro atoms. The summed E-state index contributed by atoms with van der Waals surface area (Å²) in [6.07, 6.45) is 78.2. The van der Waals surface area contributed by atoms with E-state index in [1.165, 1.54) is 225 Å². The Hall–Kier alpha value is -1.91. The molecule has 0 aliphatic heterocycles. The van der Waals surface area contributed by atoms with E-state index < -0.39 is 12.1 Å². The molecule has 0 radical (unpaired) electrons. The summed E-state index contributed by atoms with van der Waals surface area (Å²) in [6.45, 7) is 4.22. The Kier molecular flexibility index (Phi) is 53.8. The lowest BCUT2D eigenvalue weighted by Crippen LogP contribution is -2.45. The Morgan fingerprint density at radius 2 is 0.688 bits per heavy atom. The molecule has 0 saturated carbocycles. The molecule has 2 unspecified atom stereocenters. The number of hydrogen-bond donors (Lipinski definition) is 3. The number of unbranched alkanes of at least 4 members (excludes halogenated alkanes) is 37. The third-order valence-electron chi connectivity index (χ3n) is 13.0. The van der Waals surface area contributed by atoms with Gasteiger partial charge in [-0.15, -0.1) is 0 Å². The lowest BCUT2D eigenvalue weighted by Gasteiger charge is -2.20. The van der Waals surface area contributed by atoms with Crippen LogP contribution < -0.4 is 5.32 Å². The first-order valence-corrected chi connectivity index (χ1v) is 28.5. The first-order chi connectivity index (χ1) is 31.7. The summed E-state index contributed by atoms with van der Waals surface area (Å²) < 4.78 is 0. The van der Waals surface area contributed by atoms with Crippen LogP contribution in [0.15, 0.2) is 60.8 Å². The monoisotopic (exact) mass is 894 g/mol. The summed E-state index contributed by atoms with van der Waals surface area (Å²) in [5, 5.41) is 23.2. The summed E-state index contributed by atoms with van der Waals surface area (Å²) >= 11 is 0. The largest absolute Gasteiger partial charge is 0.394 e. The molecule has 0 aromatic rings. The molecule has 2 atom stereocenters. The van der Waals surface area contributed by atoms with Crippen LogP contribution in [0, 0.1) is 0 Å². The molecule has 1 amide bonds. The van der Waals surface area contributed by atoms with Crippen LogP contribution in [0.4, 0.5) is 0 Å². The summed E-state index contributed by atoms with van der Waals surface area (Å²) in [5.74, 6) is -0.0711. The molecular weight excluding hydrogens is 783 g/mol. The van der Waals surface area contributed by atoms with Crippen molar-refractivity contribution in [3.8, 4) is 0 Å². The highest BCUT2D eigenvalue weighted by Gasteiger charge is 2.18. The van der Waals surface area contributed by atoms with E-state index in [1.807, 2.05) is 6.08 Å². The van der Waals surface area contributed by atoms with E-state index in [0.717, 1.165) is 51.4 Å². The van der Waals surface area contributed by atoms with Crippen molar-refractivity contribution in [2.24, 2.45) is 0 Å². The molecule has 3 N–H and O–H groups in total. The van der Waals surface area contributed by atoms with E-state index in [4.69, 9.17) is 0 Å². The maximum atomic E-state index is 12.5. The summed E-state index contributed by atoms with van der Waals surface area (Å²) in [5.41, 5.74) is 0. The second-order valence-electron chi connectivity index (χ2n) is 19.3. The molecule has 0 heterocycles. The maximum Gasteiger partial charge on any atom is 0.220 e. The van der Waals surface area contributed by atoms with E-state index in [9.17, 15) is 15.0 Å². The number of amides is 1. The van der Waals surface area contributed by atoms with Crippen molar-refractivity contribution >= 4 is 5.91 Å². The van der Waals surface area contributed by atoms with Gasteiger partial charge >= 0.3 is 0 Å². The van der Waals surface area contributed by atoms with E-state index in [2.05, 4.69) is 67.8 Å². The van der Waals surface area contributed by atoms with Gasteiger partial charge in [0.05, 0.1) is 18.8 Å². The third kappa shape index (κ3) is 51.1. The van der Waals surface area contributed by atoms with Crippen LogP contribution in [-0.4, -0.2) is 34.9 Å². The first kappa shape index (κ1) is 62.1. The van der Waals surface area contributed by atoms with Crippen molar-refractivity contribution in [2.45, 2.75) is 309 Å². The molecule has 0 fully saturated rings. The van der Waals surface area contributed by atoms with Gasteiger partial charge in [0.2, 0.25) is 5.91 Å². The minimum Gasteiger partial charge on any atom is -0.394 e. The van der Waals surface area contributed by atoms with Gasteiger partial charge in [0.15, 0.2) is 0 Å². The minimum absolute atomic E-state index is 0.0711. The molecule has 374 valence electrons. The Bertz CT molecular complexity index is 1060. The van der Waals surface area contributed by atoms with Gasteiger partial charge in [0.1, 0.15) is 0 Å². The zero-order valence-corrected chi connectivity index (χ0v) is 43.1. The Labute approximate surface area is 400 Å². The summed E-state index contributed by atoms with van der Waals surface area (Å²) in [7, 11) is 0. The van der Waals surface area contributed by atoms with E-state index in [0.29, 0.717) is 6.42 Å². The normalized spacial score (nSPS) is 13.2. The number of rotatable bonds is 52. The van der Waals surface area contributed by atoms with E-state index >= 15 is 0 Å². The topological polar surface area (TPSA) is 69.6 Å². The van der Waals surface area contributed by atoms with Crippen molar-refractivity contribution in [3.63, 3.8) is 0 Å². The Morgan fingerprint density at radius 1 is 0.391 bits per heavy atom. The molecule has 0 aromatic heterocycles. The predicted molar refractivity (Wildman–Crippen MR) is 285 cm³/mol. The van der Waals surface area contributed by atoms with Crippen LogP contribution >= 0.6 is 0 Å². The zero-order valence-electron chi connectivity index (χ0n) is 43.1. The van der Waals surface area contributed by atoms with Crippen LogP contribution in [-0.2, 0) is 4.79 Å². The molecule has 0 rings (SSSR count). The quantitative estimate of drug-likeness (QED) is 0.0421. The van der Waals surface area contributed by atoms with Crippen molar-refractivity contribution in [3.05, 3.63) is 60.8 Å². The highest BCUT2D eigenvalue weighted by atomic mass is 16.3. The number of aliphatic hydroxyl groups is 2. The van der Waals surface area contributed by atoms with Gasteiger partial charge in [-0.2, -0.15) is 0 Å². The summed E-state index contributed by atoms with van der Waals surface area (Å²) in [4.78, 5) is 12.5. The molecular formula is C60H111NO3. The number of carbonyl (C=O) groups excluding carboxylic acids is 1. The number of allylic oxidation sites excluding steroid dienone is 9. The van der Waals surface area contributed by atoms with E-state index in [-0.39, 0.29) is 12.5 Å². The zero-order chi connectivity index (χ0) is 46.3. The highest BCUT2D eigenvalue weighted by molar-refractivity contribution is 5.76. The minimum atomic E-state index is -0.847. The van der Waals surface area contributed by atoms with Crippen LogP contribution in [0.1, 0.15) is 296 Å². The lowest BCUT2D eigenvalue weighted by molar-refractivity contribution is -0.123. The average molecular weight is 895 g/mol. The van der Waals surface area contributed by atoms with Gasteiger partial charge in [0.25, 0.3) is 0 Å². The van der Waals surface area contributed by atoms with Crippen LogP contribution in [0.2, 0.25) is 0 Å². The second kappa shape index (κ2) is 55.4. The molecule has 4 nitrogen and oxygen atoms in total. The molecule has 0 aliphatic rings. The number of carbonyl (C=O) groups is 1. The predicted octanol–water partition coefficient (Wildman–Crippen LogP) is 18.8. The van der Waals surface area contributed by atoms with Gasteiger partial charge < -0.3 is 15.5 Å². The molecule has 0 aliphatic carbocycles.